The van der Waals surface area contributed by atoms with Crippen molar-refractivity contribution in [3.63, 3.8) is 0 Å². The molecule has 0 saturated heterocycles. The highest BCUT2D eigenvalue weighted by molar-refractivity contribution is 7.92. The molecule has 0 unspecified atom stereocenters. The topological polar surface area (TPSA) is 85.1 Å². The Balaban J connectivity index is 2.03. The molecule has 2 heterocycles. The van der Waals surface area contributed by atoms with E-state index in [4.69, 9.17) is 4.52 Å². The molecule has 112 valence electrons. The Labute approximate surface area is 123 Å². The monoisotopic (exact) mass is 307 g/mol. The summed E-state index contributed by atoms with van der Waals surface area (Å²) in [6.45, 7) is 5.17. The second-order valence-corrected chi connectivity index (χ2v) is 7.04. The van der Waals surface area contributed by atoms with E-state index in [2.05, 4.69) is 14.9 Å². The molecule has 3 rings (SSSR count). The van der Waals surface area contributed by atoms with Crippen molar-refractivity contribution in [1.29, 1.82) is 0 Å². The Bertz CT molecular complexity index is 772. The smallest absolute Gasteiger partial charge is 0.268 e. The molecule has 1 aliphatic rings. The molecule has 0 aromatic carbocycles. The maximum absolute atomic E-state index is 12.6. The van der Waals surface area contributed by atoms with E-state index in [9.17, 15) is 8.42 Å². The summed E-state index contributed by atoms with van der Waals surface area (Å²) in [4.78, 5) is 4.30. The lowest BCUT2D eigenvalue weighted by Gasteiger charge is -2.13. The van der Waals surface area contributed by atoms with E-state index in [1.165, 1.54) is 0 Å². The summed E-state index contributed by atoms with van der Waals surface area (Å²) in [6.07, 6.45) is 3.77. The molecule has 0 radical (unpaired) electrons. The van der Waals surface area contributed by atoms with E-state index in [1.807, 2.05) is 13.0 Å². The molecule has 6 nitrogen and oxygen atoms in total. The maximum atomic E-state index is 12.6. The maximum Gasteiger partial charge on any atom is 0.268 e. The molecule has 1 fully saturated rings. The van der Waals surface area contributed by atoms with Gasteiger partial charge in [0.2, 0.25) is 0 Å². The van der Waals surface area contributed by atoms with Crippen LogP contribution in [0.1, 0.15) is 41.3 Å². The molecule has 0 atom stereocenters. The normalized spacial score (nSPS) is 15.2. The van der Waals surface area contributed by atoms with Crippen molar-refractivity contribution in [3.8, 4) is 0 Å². The Morgan fingerprint density at radius 3 is 2.57 bits per heavy atom. The third kappa shape index (κ3) is 2.53. The van der Waals surface area contributed by atoms with Crippen molar-refractivity contribution in [3.05, 3.63) is 34.8 Å². The van der Waals surface area contributed by atoms with Gasteiger partial charge in [0.25, 0.3) is 10.0 Å². The summed E-state index contributed by atoms with van der Waals surface area (Å²) in [5.74, 6) is 1.10. The lowest BCUT2D eigenvalue weighted by molar-refractivity contribution is 0.390. The first-order valence-corrected chi connectivity index (χ1v) is 8.29. The number of hydrogen-bond donors (Lipinski definition) is 1. The van der Waals surface area contributed by atoms with Crippen molar-refractivity contribution < 1.29 is 12.9 Å². The zero-order chi connectivity index (χ0) is 15.2. The van der Waals surface area contributed by atoms with E-state index >= 15 is 0 Å². The number of aryl methyl sites for hydroxylation is 3. The van der Waals surface area contributed by atoms with Crippen LogP contribution >= 0.6 is 0 Å². The minimum absolute atomic E-state index is 0.0903. The Kier molecular flexibility index (Phi) is 3.24. The summed E-state index contributed by atoms with van der Waals surface area (Å²) in [6, 6.07) is 1.90. The molecule has 2 aromatic heterocycles. The molecule has 7 heteroatoms. The number of anilines is 1. The van der Waals surface area contributed by atoms with E-state index in [0.717, 1.165) is 24.0 Å². The summed E-state index contributed by atoms with van der Waals surface area (Å²) in [5, 5.41) is 3.70. The molecule has 2 aromatic rings. The number of nitrogens with one attached hydrogen (secondary N) is 1. The van der Waals surface area contributed by atoms with Gasteiger partial charge in [0, 0.05) is 11.8 Å². The Hall–Kier alpha value is -1.89. The molecule has 0 amide bonds. The Morgan fingerprint density at radius 1 is 1.29 bits per heavy atom. The van der Waals surface area contributed by atoms with Crippen LogP contribution in [0.2, 0.25) is 0 Å². The van der Waals surface area contributed by atoms with Gasteiger partial charge in [0.15, 0.2) is 10.7 Å². The third-order valence-corrected chi connectivity index (χ3v) is 5.24. The standard InChI is InChI=1S/C14H17N3O3S/c1-8-6-7-15-14(12(8)11-4-5-11)17-21(18,19)13-9(2)16-20-10(13)3/h6-7,11H,4-5H2,1-3H3,(H,15,17). The molecular formula is C14H17N3O3S. The number of nitrogens with zero attached hydrogens (tertiary/aromatic N) is 2. The molecule has 1 aliphatic carbocycles. The fourth-order valence-corrected chi connectivity index (χ4v) is 3.94. The second-order valence-electron chi connectivity index (χ2n) is 5.42. The summed E-state index contributed by atoms with van der Waals surface area (Å²) in [7, 11) is -3.75. The summed E-state index contributed by atoms with van der Waals surface area (Å²) < 4.78 is 32.7. The van der Waals surface area contributed by atoms with Crippen molar-refractivity contribution >= 4 is 15.8 Å². The fraction of sp³-hybridized carbons (Fsp3) is 0.429. The number of aromatic nitrogens is 2. The van der Waals surface area contributed by atoms with Crippen LogP contribution in [0.3, 0.4) is 0 Å². The quantitative estimate of drug-likeness (QED) is 0.938. The van der Waals surface area contributed by atoms with Gasteiger partial charge in [-0.25, -0.2) is 13.4 Å². The molecule has 21 heavy (non-hydrogen) atoms. The van der Waals surface area contributed by atoms with Crippen LogP contribution in [-0.4, -0.2) is 18.6 Å². The second kappa shape index (κ2) is 4.84. The van der Waals surface area contributed by atoms with Crippen LogP contribution < -0.4 is 4.72 Å². The van der Waals surface area contributed by atoms with E-state index < -0.39 is 10.0 Å². The molecule has 0 spiro atoms. The minimum Gasteiger partial charge on any atom is -0.360 e. The number of rotatable bonds is 4. The SMILES string of the molecule is Cc1ccnc(NS(=O)(=O)c2c(C)noc2C)c1C1CC1. The molecule has 1 N–H and O–H groups in total. The van der Waals surface area contributed by atoms with Crippen LogP contribution in [0.4, 0.5) is 5.82 Å². The number of sulfonamides is 1. The van der Waals surface area contributed by atoms with Crippen molar-refractivity contribution in [2.75, 3.05) is 4.72 Å². The first-order valence-electron chi connectivity index (χ1n) is 6.81. The summed E-state index contributed by atoms with van der Waals surface area (Å²) >= 11 is 0. The first kappa shape index (κ1) is 14.1. The van der Waals surface area contributed by atoms with Crippen LogP contribution in [-0.2, 0) is 10.0 Å². The van der Waals surface area contributed by atoms with Gasteiger partial charge in [-0.3, -0.25) is 4.72 Å². The largest absolute Gasteiger partial charge is 0.360 e. The van der Waals surface area contributed by atoms with Crippen molar-refractivity contribution in [2.45, 2.75) is 44.4 Å². The van der Waals surface area contributed by atoms with Crippen LogP contribution in [0, 0.1) is 20.8 Å². The van der Waals surface area contributed by atoms with Gasteiger partial charge in [0.05, 0.1) is 0 Å². The minimum atomic E-state index is -3.75. The number of hydrogen-bond acceptors (Lipinski definition) is 5. The van der Waals surface area contributed by atoms with Crippen molar-refractivity contribution in [2.24, 2.45) is 0 Å². The summed E-state index contributed by atoms with van der Waals surface area (Å²) in [5.41, 5.74) is 2.40. The van der Waals surface area contributed by atoms with E-state index in [-0.39, 0.29) is 10.7 Å². The van der Waals surface area contributed by atoms with Crippen molar-refractivity contribution in [1.82, 2.24) is 10.1 Å². The average molecular weight is 307 g/mol. The van der Waals surface area contributed by atoms with Crippen LogP contribution in [0.25, 0.3) is 0 Å². The zero-order valence-electron chi connectivity index (χ0n) is 12.2. The fourth-order valence-electron chi connectivity index (χ4n) is 2.57. The highest BCUT2D eigenvalue weighted by Gasteiger charge is 2.31. The van der Waals surface area contributed by atoms with Crippen LogP contribution in [0.15, 0.2) is 21.7 Å². The highest BCUT2D eigenvalue weighted by Crippen LogP contribution is 2.44. The zero-order valence-corrected chi connectivity index (χ0v) is 13.0. The van der Waals surface area contributed by atoms with Crippen LogP contribution in [0.5, 0.6) is 0 Å². The predicted octanol–water partition coefficient (Wildman–Crippen LogP) is 2.67. The molecular weight excluding hydrogens is 290 g/mol. The van der Waals surface area contributed by atoms with E-state index in [0.29, 0.717) is 17.4 Å². The molecule has 1 saturated carbocycles. The van der Waals surface area contributed by atoms with Gasteiger partial charge < -0.3 is 4.52 Å². The Morgan fingerprint density at radius 2 is 2.00 bits per heavy atom. The van der Waals surface area contributed by atoms with Gasteiger partial charge >= 0.3 is 0 Å². The predicted molar refractivity (Wildman–Crippen MR) is 77.7 cm³/mol. The molecule has 0 bridgehead atoms. The number of pyridine rings is 1. The van der Waals surface area contributed by atoms with Gasteiger partial charge in [-0.15, -0.1) is 0 Å². The first-order chi connectivity index (χ1) is 9.90. The van der Waals surface area contributed by atoms with Gasteiger partial charge in [-0.05, 0) is 51.2 Å². The van der Waals surface area contributed by atoms with Gasteiger partial charge in [-0.1, -0.05) is 5.16 Å². The average Bonchev–Trinajstić information content (AvgIpc) is 3.14. The third-order valence-electron chi connectivity index (χ3n) is 3.66. The van der Waals surface area contributed by atoms with Gasteiger partial charge in [-0.2, -0.15) is 0 Å². The lowest BCUT2D eigenvalue weighted by atomic mass is 10.1. The molecule has 0 aliphatic heterocycles. The van der Waals surface area contributed by atoms with Gasteiger partial charge in [0.1, 0.15) is 11.5 Å². The van der Waals surface area contributed by atoms with E-state index in [1.54, 1.807) is 20.0 Å². The lowest BCUT2D eigenvalue weighted by Crippen LogP contribution is -2.17. The highest BCUT2D eigenvalue weighted by atomic mass is 32.2.